The molecule has 142 valence electrons. The molecule has 0 aromatic rings. The van der Waals surface area contributed by atoms with Gasteiger partial charge in [0.05, 0.1) is 18.4 Å². The second-order valence-corrected chi connectivity index (χ2v) is 5.62. The Morgan fingerprint density at radius 3 is 1.92 bits per heavy atom. The lowest BCUT2D eigenvalue weighted by atomic mass is 9.88. The van der Waals surface area contributed by atoms with Crippen molar-refractivity contribution in [3.63, 3.8) is 0 Å². The first-order valence-electron chi connectivity index (χ1n) is 6.55. The Morgan fingerprint density at radius 2 is 1.54 bits per heavy atom. The van der Waals surface area contributed by atoms with E-state index in [0.29, 0.717) is 0 Å². The second-order valence-electron chi connectivity index (χ2n) is 5.62. The maximum atomic E-state index is 13.4. The highest BCUT2D eigenvalue weighted by atomic mass is 19.4. The number of carbonyl (C=O) groups excluding carboxylic acids is 1. The van der Waals surface area contributed by atoms with Gasteiger partial charge in [-0.25, -0.2) is 0 Å². The molecular weight excluding hydrogens is 363 g/mol. The highest BCUT2D eigenvalue weighted by molar-refractivity contribution is 5.77. The fourth-order valence-electron chi connectivity index (χ4n) is 1.72. The molecule has 0 saturated carbocycles. The van der Waals surface area contributed by atoms with Gasteiger partial charge < -0.3 is 9.47 Å². The van der Waals surface area contributed by atoms with Gasteiger partial charge in [-0.1, -0.05) is 6.92 Å². The van der Waals surface area contributed by atoms with E-state index in [1.54, 1.807) is 0 Å². The lowest BCUT2D eigenvalue weighted by Crippen LogP contribution is -2.62. The van der Waals surface area contributed by atoms with E-state index in [2.05, 4.69) is 9.47 Å². The Bertz CT molecular complexity index is 489. The van der Waals surface area contributed by atoms with Crippen LogP contribution in [0.15, 0.2) is 0 Å². The van der Waals surface area contributed by atoms with Gasteiger partial charge in [-0.05, 0) is 13.3 Å². The molecule has 0 aliphatic carbocycles. The summed E-state index contributed by atoms with van der Waals surface area (Å²) in [4.78, 5) is 11.6. The average Bonchev–Trinajstić information content (AvgIpc) is 2.41. The van der Waals surface area contributed by atoms with Crippen molar-refractivity contribution >= 4 is 5.97 Å². The zero-order valence-electron chi connectivity index (χ0n) is 12.3. The van der Waals surface area contributed by atoms with E-state index in [9.17, 15) is 44.3 Å². The van der Waals surface area contributed by atoms with Crippen LogP contribution in [0.5, 0.6) is 0 Å². The molecule has 1 saturated heterocycles. The molecule has 0 aromatic carbocycles. The molecule has 0 N–H and O–H groups in total. The highest BCUT2D eigenvalue weighted by Gasteiger charge is 2.81. The van der Waals surface area contributed by atoms with Gasteiger partial charge in [0.25, 0.3) is 0 Å². The fraction of sp³-hybridized carbons (Fsp3) is 0.917. The molecule has 0 bridgehead atoms. The third-order valence-corrected chi connectivity index (χ3v) is 3.73. The minimum atomic E-state index is -6.99. The van der Waals surface area contributed by atoms with E-state index in [-0.39, 0.29) is 6.42 Å². The average molecular weight is 376 g/mol. The van der Waals surface area contributed by atoms with E-state index < -0.39 is 54.6 Å². The zero-order chi connectivity index (χ0) is 19.2. The summed E-state index contributed by atoms with van der Waals surface area (Å²) in [6, 6.07) is 0. The van der Waals surface area contributed by atoms with Gasteiger partial charge >= 0.3 is 29.9 Å². The first kappa shape index (κ1) is 20.8. The number of esters is 1. The number of cyclic esters (lactones) is 1. The largest absolute Gasteiger partial charge is 0.460 e. The van der Waals surface area contributed by atoms with Crippen molar-refractivity contribution in [3.8, 4) is 0 Å². The van der Waals surface area contributed by atoms with Crippen LogP contribution in [-0.4, -0.2) is 42.8 Å². The Kier molecular flexibility index (Phi) is 5.17. The summed E-state index contributed by atoms with van der Waals surface area (Å²) >= 11 is 0. The minimum absolute atomic E-state index is 0.136. The van der Waals surface area contributed by atoms with Crippen molar-refractivity contribution in [1.29, 1.82) is 0 Å². The zero-order valence-corrected chi connectivity index (χ0v) is 12.3. The number of ether oxygens (including phenoxy) is 2. The summed E-state index contributed by atoms with van der Waals surface area (Å²) in [5.74, 6) is -20.7. The Labute approximate surface area is 130 Å². The maximum Gasteiger partial charge on any atom is 0.460 e. The number of halogens is 9. The first-order chi connectivity index (χ1) is 10.5. The number of carbonyl (C=O) groups is 1. The minimum Gasteiger partial charge on any atom is -0.435 e. The first-order valence-corrected chi connectivity index (χ1v) is 6.55. The maximum absolute atomic E-state index is 13.4. The second kappa shape index (κ2) is 5.95. The lowest BCUT2D eigenvalue weighted by Gasteiger charge is -2.38. The summed E-state index contributed by atoms with van der Waals surface area (Å²) < 4.78 is 123. The van der Waals surface area contributed by atoms with Crippen LogP contribution in [0.3, 0.4) is 0 Å². The van der Waals surface area contributed by atoms with Crippen molar-refractivity contribution in [1.82, 2.24) is 0 Å². The standard InChI is InChI=1S/C12H13F9O3/c1-3-8(2)5-23-6(24-7(8)22)4-9(13,14)10(15,16)11(17,18)12(19,20)21/h6H,3-5H2,1-2H3. The smallest absolute Gasteiger partial charge is 0.435 e. The van der Waals surface area contributed by atoms with Gasteiger partial charge in [-0.2, -0.15) is 39.5 Å². The molecule has 24 heavy (non-hydrogen) atoms. The molecule has 1 aliphatic rings. The van der Waals surface area contributed by atoms with E-state index in [0.717, 1.165) is 0 Å². The van der Waals surface area contributed by atoms with Crippen LogP contribution < -0.4 is 0 Å². The highest BCUT2D eigenvalue weighted by Crippen LogP contribution is 2.54. The third-order valence-electron chi connectivity index (χ3n) is 3.73. The number of hydrogen-bond donors (Lipinski definition) is 0. The van der Waals surface area contributed by atoms with Crippen LogP contribution in [0.2, 0.25) is 0 Å². The van der Waals surface area contributed by atoms with E-state index in [1.807, 2.05) is 0 Å². The van der Waals surface area contributed by atoms with Gasteiger partial charge in [0, 0.05) is 0 Å². The molecule has 2 atom stereocenters. The number of alkyl halides is 9. The molecule has 0 aromatic heterocycles. The molecule has 0 spiro atoms. The van der Waals surface area contributed by atoms with Crippen molar-refractivity contribution in [3.05, 3.63) is 0 Å². The van der Waals surface area contributed by atoms with Gasteiger partial charge in [0.1, 0.15) is 0 Å². The third kappa shape index (κ3) is 3.29. The van der Waals surface area contributed by atoms with Crippen LogP contribution in [0.25, 0.3) is 0 Å². The molecule has 0 radical (unpaired) electrons. The fourth-order valence-corrected chi connectivity index (χ4v) is 1.72. The molecule has 12 heteroatoms. The predicted octanol–water partition coefficient (Wildman–Crippen LogP) is 4.16. The van der Waals surface area contributed by atoms with Crippen molar-refractivity contribution in [2.24, 2.45) is 5.41 Å². The van der Waals surface area contributed by atoms with Gasteiger partial charge in [-0.15, -0.1) is 0 Å². The van der Waals surface area contributed by atoms with Crippen LogP contribution in [-0.2, 0) is 14.3 Å². The summed E-state index contributed by atoms with van der Waals surface area (Å²) in [6.07, 6.45) is -11.5. The SMILES string of the molecule is CCC1(C)COC(CC(F)(F)C(F)(F)C(F)(F)C(F)(F)F)OC1=O. The summed E-state index contributed by atoms with van der Waals surface area (Å²) in [7, 11) is 0. The van der Waals surface area contributed by atoms with E-state index in [4.69, 9.17) is 0 Å². The summed E-state index contributed by atoms with van der Waals surface area (Å²) in [5, 5.41) is 0. The normalized spacial score (nSPS) is 27.1. The van der Waals surface area contributed by atoms with Crippen molar-refractivity contribution < 1.29 is 53.8 Å². The Morgan fingerprint density at radius 1 is 1.04 bits per heavy atom. The molecule has 1 aliphatic heterocycles. The van der Waals surface area contributed by atoms with E-state index in [1.165, 1.54) is 13.8 Å². The Hall–Kier alpha value is -1.20. The molecule has 1 heterocycles. The monoisotopic (exact) mass is 376 g/mol. The van der Waals surface area contributed by atoms with Crippen molar-refractivity contribution in [2.75, 3.05) is 6.61 Å². The lowest BCUT2D eigenvalue weighted by molar-refractivity contribution is -0.401. The Balaban J connectivity index is 2.96. The van der Waals surface area contributed by atoms with Crippen LogP contribution >= 0.6 is 0 Å². The quantitative estimate of drug-likeness (QED) is 0.534. The number of hydrogen-bond acceptors (Lipinski definition) is 3. The van der Waals surface area contributed by atoms with Gasteiger partial charge in [0.15, 0.2) is 0 Å². The molecule has 1 rings (SSSR count). The molecular formula is C12H13F9O3. The topological polar surface area (TPSA) is 35.5 Å². The van der Waals surface area contributed by atoms with Crippen molar-refractivity contribution in [2.45, 2.75) is 56.9 Å². The van der Waals surface area contributed by atoms with Gasteiger partial charge in [0.2, 0.25) is 6.29 Å². The summed E-state index contributed by atoms with van der Waals surface area (Å²) in [6.45, 7) is 2.29. The molecule has 3 nitrogen and oxygen atoms in total. The molecule has 0 amide bonds. The molecule has 2 unspecified atom stereocenters. The summed E-state index contributed by atoms with van der Waals surface area (Å²) in [5.41, 5.74) is -1.26. The van der Waals surface area contributed by atoms with Crippen LogP contribution in [0.4, 0.5) is 39.5 Å². The van der Waals surface area contributed by atoms with E-state index >= 15 is 0 Å². The number of rotatable bonds is 5. The predicted molar refractivity (Wildman–Crippen MR) is 59.7 cm³/mol. The van der Waals surface area contributed by atoms with Gasteiger partial charge in [-0.3, -0.25) is 4.79 Å². The van der Waals surface area contributed by atoms with Crippen LogP contribution in [0.1, 0.15) is 26.7 Å². The molecule has 1 fully saturated rings. The van der Waals surface area contributed by atoms with Crippen LogP contribution in [0, 0.1) is 5.41 Å².